The number of aromatic carboxylic acids is 1. The zero-order chi connectivity index (χ0) is 18.7. The molecule has 0 atom stereocenters. The lowest BCUT2D eigenvalue weighted by molar-refractivity contribution is -0.255. The number of nitrogens with one attached hydrogen (secondary N) is 1. The van der Waals surface area contributed by atoms with E-state index in [2.05, 4.69) is 15.5 Å². The molecule has 2 aromatic rings. The molecule has 6 nitrogen and oxygen atoms in total. The molecule has 132 valence electrons. The van der Waals surface area contributed by atoms with Crippen LogP contribution in [0.1, 0.15) is 23.0 Å². The van der Waals surface area contributed by atoms with E-state index in [0.717, 1.165) is 0 Å². The van der Waals surface area contributed by atoms with Gasteiger partial charge in [-0.25, -0.2) is 9.37 Å². The van der Waals surface area contributed by atoms with Crippen molar-refractivity contribution >= 4 is 52.2 Å². The number of carboxylic acids is 1. The van der Waals surface area contributed by atoms with Crippen molar-refractivity contribution in [3.8, 4) is 5.75 Å². The van der Waals surface area contributed by atoms with Gasteiger partial charge in [0, 0.05) is 5.56 Å². The van der Waals surface area contributed by atoms with Crippen LogP contribution in [0.5, 0.6) is 5.75 Å². The normalized spacial score (nSPS) is 11.4. The third-order valence-electron chi connectivity index (χ3n) is 3.14. The Hall–Kier alpha value is -2.09. The van der Waals surface area contributed by atoms with Gasteiger partial charge in [0.25, 0.3) is 0 Å². The Balaban J connectivity index is 2.38. The summed E-state index contributed by atoms with van der Waals surface area (Å²) in [4.78, 5) is 14.6. The number of anilines is 1. The Bertz CT molecular complexity index is 875. The van der Waals surface area contributed by atoms with Crippen molar-refractivity contribution in [2.75, 3.05) is 12.5 Å². The first-order valence-electron chi connectivity index (χ1n) is 6.66. The Morgan fingerprint density at radius 3 is 2.56 bits per heavy atom. The lowest BCUT2D eigenvalue weighted by Gasteiger charge is -2.13. The molecule has 0 spiro atoms. The summed E-state index contributed by atoms with van der Waals surface area (Å²) in [6, 6.07) is 4.27. The molecule has 25 heavy (non-hydrogen) atoms. The molecule has 1 heterocycles. The van der Waals surface area contributed by atoms with Crippen molar-refractivity contribution in [2.45, 2.75) is 6.92 Å². The summed E-state index contributed by atoms with van der Waals surface area (Å²) >= 11 is 17.7. The Morgan fingerprint density at radius 1 is 1.32 bits per heavy atom. The van der Waals surface area contributed by atoms with Gasteiger partial charge in [-0.15, -0.1) is 0 Å². The molecule has 1 N–H and O–H groups in total. The fourth-order valence-corrected chi connectivity index (χ4v) is 2.51. The van der Waals surface area contributed by atoms with Crippen LogP contribution in [0.3, 0.4) is 0 Å². The van der Waals surface area contributed by atoms with Crippen LogP contribution in [0.4, 0.5) is 10.1 Å². The lowest BCUT2D eigenvalue weighted by Crippen LogP contribution is -2.24. The summed E-state index contributed by atoms with van der Waals surface area (Å²) in [6.07, 6.45) is 0. The standard InChI is InChI=1S/C15H11Cl3FN3O3/c1-6(7-3-4-9(25-2)8(19)5-7)21-22-12-10(16)13(15(23)24)20-14(18)11(12)17/h3-5H,1-2H3,(H,20,22)(H,23,24)/p-1/b21-6-. The number of carbonyl (C=O) groups is 1. The van der Waals surface area contributed by atoms with Gasteiger partial charge in [0.2, 0.25) is 0 Å². The molecule has 0 amide bonds. The van der Waals surface area contributed by atoms with Crippen LogP contribution in [-0.4, -0.2) is 23.8 Å². The first-order chi connectivity index (χ1) is 11.8. The van der Waals surface area contributed by atoms with Gasteiger partial charge in [-0.2, -0.15) is 5.10 Å². The Labute approximate surface area is 157 Å². The zero-order valence-electron chi connectivity index (χ0n) is 12.9. The van der Waals surface area contributed by atoms with Crippen molar-refractivity contribution in [2.24, 2.45) is 5.10 Å². The second-order valence-electron chi connectivity index (χ2n) is 4.70. The van der Waals surface area contributed by atoms with Crippen LogP contribution in [0.2, 0.25) is 15.2 Å². The molecule has 1 aromatic heterocycles. The van der Waals surface area contributed by atoms with E-state index in [0.29, 0.717) is 11.3 Å². The SMILES string of the molecule is COc1ccc(/C(C)=N\Nc2c(Cl)c(Cl)nc(C(=O)[O-])c2Cl)cc1F. The minimum atomic E-state index is -1.62. The van der Waals surface area contributed by atoms with Gasteiger partial charge in [-0.05, 0) is 25.1 Å². The third kappa shape index (κ3) is 4.12. The highest BCUT2D eigenvalue weighted by Gasteiger charge is 2.17. The van der Waals surface area contributed by atoms with Crippen LogP contribution < -0.4 is 15.3 Å². The zero-order valence-corrected chi connectivity index (χ0v) is 15.1. The third-order valence-corrected chi connectivity index (χ3v) is 4.24. The maximum atomic E-state index is 13.8. The largest absolute Gasteiger partial charge is 0.543 e. The van der Waals surface area contributed by atoms with Gasteiger partial charge in [-0.3, -0.25) is 5.43 Å². The van der Waals surface area contributed by atoms with Crippen molar-refractivity contribution in [1.29, 1.82) is 0 Å². The number of halogens is 4. The van der Waals surface area contributed by atoms with Gasteiger partial charge < -0.3 is 14.6 Å². The van der Waals surface area contributed by atoms with Crippen molar-refractivity contribution in [1.82, 2.24) is 4.98 Å². The number of rotatable bonds is 5. The van der Waals surface area contributed by atoms with Gasteiger partial charge in [0.1, 0.15) is 10.7 Å². The Morgan fingerprint density at radius 2 is 2.00 bits per heavy atom. The second kappa shape index (κ2) is 7.86. The van der Waals surface area contributed by atoms with Crippen LogP contribution in [0, 0.1) is 5.82 Å². The highest BCUT2D eigenvalue weighted by Crippen LogP contribution is 2.36. The van der Waals surface area contributed by atoms with E-state index in [4.69, 9.17) is 39.5 Å². The van der Waals surface area contributed by atoms with E-state index in [1.165, 1.54) is 19.2 Å². The fraction of sp³-hybridized carbons (Fsp3) is 0.133. The predicted molar refractivity (Wildman–Crippen MR) is 92.4 cm³/mol. The molecule has 1 aromatic carbocycles. The molecule has 10 heteroatoms. The van der Waals surface area contributed by atoms with E-state index in [9.17, 15) is 14.3 Å². The number of hydrazone groups is 1. The smallest absolute Gasteiger partial charge is 0.165 e. The summed E-state index contributed by atoms with van der Waals surface area (Å²) in [5.41, 5.74) is 2.71. The molecule has 0 aliphatic heterocycles. The highest BCUT2D eigenvalue weighted by molar-refractivity contribution is 6.46. The minimum Gasteiger partial charge on any atom is -0.543 e. The lowest BCUT2D eigenvalue weighted by atomic mass is 10.1. The van der Waals surface area contributed by atoms with E-state index < -0.39 is 17.5 Å². The number of aromatic nitrogens is 1. The topological polar surface area (TPSA) is 86.6 Å². The van der Waals surface area contributed by atoms with Crippen LogP contribution in [-0.2, 0) is 0 Å². The van der Waals surface area contributed by atoms with Crippen LogP contribution in [0.25, 0.3) is 0 Å². The van der Waals surface area contributed by atoms with E-state index in [1.54, 1.807) is 13.0 Å². The predicted octanol–water partition coefficient (Wildman–Crippen LogP) is 3.39. The number of benzene rings is 1. The van der Waals surface area contributed by atoms with Gasteiger partial charge in [-0.1, -0.05) is 34.8 Å². The average Bonchev–Trinajstić information content (AvgIpc) is 2.57. The summed E-state index contributed by atoms with van der Waals surface area (Å²) in [5.74, 6) is -2.09. The number of ether oxygens (including phenoxy) is 1. The average molecular weight is 406 g/mol. The van der Waals surface area contributed by atoms with E-state index in [1.807, 2.05) is 0 Å². The number of carboxylic acid groups (broad SMARTS) is 1. The molecule has 0 saturated carbocycles. The molecule has 0 radical (unpaired) electrons. The monoisotopic (exact) mass is 404 g/mol. The molecule has 0 unspecified atom stereocenters. The molecular weight excluding hydrogens is 396 g/mol. The van der Waals surface area contributed by atoms with Crippen LogP contribution in [0.15, 0.2) is 23.3 Å². The van der Waals surface area contributed by atoms with Crippen molar-refractivity contribution < 1.29 is 19.0 Å². The molecule has 0 bridgehead atoms. The number of pyridine rings is 1. The number of hydrogen-bond donors (Lipinski definition) is 1. The van der Waals surface area contributed by atoms with Gasteiger partial charge in [0.05, 0.1) is 29.5 Å². The summed E-state index contributed by atoms with van der Waals surface area (Å²) in [6.45, 7) is 1.60. The number of carbonyl (C=O) groups excluding carboxylic acids is 1. The quantitative estimate of drug-likeness (QED) is 0.468. The second-order valence-corrected chi connectivity index (χ2v) is 5.81. The number of methoxy groups -OCH3 is 1. The summed E-state index contributed by atoms with van der Waals surface area (Å²) in [7, 11) is 1.35. The summed E-state index contributed by atoms with van der Waals surface area (Å²) in [5, 5.41) is 14.3. The molecule has 0 aliphatic rings. The molecule has 0 saturated heterocycles. The number of hydrogen-bond acceptors (Lipinski definition) is 6. The minimum absolute atomic E-state index is 0.0594. The number of nitrogens with zero attached hydrogens (tertiary/aromatic N) is 2. The first-order valence-corrected chi connectivity index (χ1v) is 7.79. The van der Waals surface area contributed by atoms with Gasteiger partial charge >= 0.3 is 0 Å². The first kappa shape index (κ1) is 19.2. The molecule has 0 fully saturated rings. The maximum absolute atomic E-state index is 13.8. The highest BCUT2D eigenvalue weighted by atomic mass is 35.5. The van der Waals surface area contributed by atoms with Crippen molar-refractivity contribution in [3.63, 3.8) is 0 Å². The maximum Gasteiger partial charge on any atom is 0.165 e. The van der Waals surface area contributed by atoms with E-state index in [-0.39, 0.29) is 26.6 Å². The summed E-state index contributed by atoms with van der Waals surface area (Å²) < 4.78 is 18.6. The van der Waals surface area contributed by atoms with E-state index >= 15 is 0 Å². The Kier molecular flexibility index (Phi) is 6.05. The van der Waals surface area contributed by atoms with Gasteiger partial charge in [0.15, 0.2) is 16.7 Å². The molecular formula is C15H10Cl3FN3O3-. The molecule has 0 aliphatic carbocycles. The molecule has 2 rings (SSSR count). The van der Waals surface area contributed by atoms with Crippen LogP contribution >= 0.6 is 34.8 Å². The van der Waals surface area contributed by atoms with Crippen molar-refractivity contribution in [3.05, 3.63) is 50.5 Å². The fourth-order valence-electron chi connectivity index (χ4n) is 1.84.